The van der Waals surface area contributed by atoms with Gasteiger partial charge in [0.25, 0.3) is 0 Å². The zero-order chi connectivity index (χ0) is 17.7. The molecule has 1 aromatic carbocycles. The molecule has 2 amide bonds. The van der Waals surface area contributed by atoms with E-state index >= 15 is 0 Å². The molecule has 4 nitrogen and oxygen atoms in total. The Morgan fingerprint density at radius 3 is 2.79 bits per heavy atom. The van der Waals surface area contributed by atoms with E-state index in [-0.39, 0.29) is 12.5 Å². The smallest absolute Gasteiger partial charge is 0.338 e. The number of rotatable bonds is 5. The van der Waals surface area contributed by atoms with Crippen molar-refractivity contribution in [2.45, 2.75) is 19.1 Å². The summed E-state index contributed by atoms with van der Waals surface area (Å²) in [6.45, 7) is 0.0811. The second-order valence-electron chi connectivity index (χ2n) is 5.80. The first-order chi connectivity index (χ1) is 11.2. The van der Waals surface area contributed by atoms with Crippen molar-refractivity contribution in [1.82, 2.24) is 15.5 Å². The van der Waals surface area contributed by atoms with Crippen LogP contribution in [0.5, 0.6) is 0 Å². The second kappa shape index (κ2) is 8.15. The second-order valence-corrected chi connectivity index (χ2v) is 6.72. The summed E-state index contributed by atoms with van der Waals surface area (Å²) in [6.07, 6.45) is -3.59. The minimum Gasteiger partial charge on any atom is -0.338 e. The summed E-state index contributed by atoms with van der Waals surface area (Å²) in [4.78, 5) is 13.1. The van der Waals surface area contributed by atoms with Crippen LogP contribution in [0.2, 0.25) is 0 Å². The molecule has 134 valence electrons. The molecule has 0 saturated carbocycles. The third-order valence-electron chi connectivity index (χ3n) is 3.77. The Morgan fingerprint density at radius 1 is 1.33 bits per heavy atom. The lowest BCUT2D eigenvalue weighted by Crippen LogP contribution is -2.39. The van der Waals surface area contributed by atoms with E-state index in [0.717, 1.165) is 0 Å². The van der Waals surface area contributed by atoms with Crippen LogP contribution in [-0.4, -0.2) is 43.3 Å². The molecule has 2 rings (SSSR count). The minimum atomic E-state index is -4.20. The summed E-state index contributed by atoms with van der Waals surface area (Å²) in [6, 6.07) is 3.96. The molecule has 1 aliphatic rings. The molecule has 0 aliphatic carbocycles. The highest BCUT2D eigenvalue weighted by molar-refractivity contribution is 9.10. The highest BCUT2D eigenvalue weighted by Crippen LogP contribution is 2.22. The number of urea groups is 1. The topological polar surface area (TPSA) is 44.4 Å². The predicted molar refractivity (Wildman–Crippen MR) is 84.9 cm³/mol. The van der Waals surface area contributed by atoms with E-state index in [2.05, 4.69) is 26.6 Å². The molecule has 0 radical (unpaired) electrons. The van der Waals surface area contributed by atoms with Gasteiger partial charge in [0.1, 0.15) is 5.82 Å². The predicted octanol–water partition coefficient (Wildman–Crippen LogP) is 3.27. The number of hydrogen-bond donors (Lipinski definition) is 2. The molecule has 1 aliphatic heterocycles. The normalized spacial score (nSPS) is 18.6. The quantitative estimate of drug-likeness (QED) is 0.730. The van der Waals surface area contributed by atoms with Crippen molar-refractivity contribution in [2.75, 3.05) is 26.2 Å². The Kier molecular flexibility index (Phi) is 6.45. The third kappa shape index (κ3) is 6.27. The zero-order valence-corrected chi connectivity index (χ0v) is 14.4. The van der Waals surface area contributed by atoms with Gasteiger partial charge in [0.2, 0.25) is 0 Å². The standard InChI is InChI=1S/C15H18BrF4N3O/c16-12-1-2-13(17)11(5-12)7-22-14(24)21-6-10-3-4-23(8-10)9-15(18,19)20/h1-2,5,10H,3-4,6-9H2,(H2,21,22,24)/t10-/m0/s1. The molecule has 9 heteroatoms. The molecule has 2 N–H and O–H groups in total. The van der Waals surface area contributed by atoms with Crippen LogP contribution in [0.15, 0.2) is 22.7 Å². The summed E-state index contributed by atoms with van der Waals surface area (Å²) in [7, 11) is 0. The highest BCUT2D eigenvalue weighted by Gasteiger charge is 2.34. The number of carbonyl (C=O) groups excluding carboxylic acids is 1. The molecule has 24 heavy (non-hydrogen) atoms. The molecule has 0 unspecified atom stereocenters. The van der Waals surface area contributed by atoms with Gasteiger partial charge in [-0.3, -0.25) is 4.90 Å². The fourth-order valence-corrected chi connectivity index (χ4v) is 3.04. The Balaban J connectivity index is 1.69. The lowest BCUT2D eigenvalue weighted by Gasteiger charge is -2.18. The van der Waals surface area contributed by atoms with Crippen LogP contribution >= 0.6 is 15.9 Å². The first-order valence-electron chi connectivity index (χ1n) is 7.47. The Hall–Kier alpha value is -1.35. The van der Waals surface area contributed by atoms with E-state index in [0.29, 0.717) is 36.1 Å². The number of carbonyl (C=O) groups is 1. The average molecular weight is 412 g/mol. The fraction of sp³-hybridized carbons (Fsp3) is 0.533. The summed E-state index contributed by atoms with van der Waals surface area (Å²) in [5.74, 6) is -0.433. The maximum absolute atomic E-state index is 13.5. The molecule has 1 saturated heterocycles. The molecular formula is C15H18BrF4N3O. The van der Waals surface area contributed by atoms with E-state index in [9.17, 15) is 22.4 Å². The zero-order valence-electron chi connectivity index (χ0n) is 12.8. The number of alkyl halides is 3. The summed E-state index contributed by atoms with van der Waals surface area (Å²) in [5.41, 5.74) is 0.344. The van der Waals surface area contributed by atoms with Gasteiger partial charge in [-0.25, -0.2) is 9.18 Å². The van der Waals surface area contributed by atoms with Gasteiger partial charge < -0.3 is 10.6 Å². The molecule has 1 aromatic rings. The van der Waals surface area contributed by atoms with E-state index in [1.54, 1.807) is 12.1 Å². The monoisotopic (exact) mass is 411 g/mol. The van der Waals surface area contributed by atoms with Crippen molar-refractivity contribution in [1.29, 1.82) is 0 Å². The number of hydrogen-bond acceptors (Lipinski definition) is 2. The molecule has 1 atom stereocenters. The molecule has 1 fully saturated rings. The van der Waals surface area contributed by atoms with Crippen LogP contribution < -0.4 is 10.6 Å². The van der Waals surface area contributed by atoms with Crippen LogP contribution in [0.1, 0.15) is 12.0 Å². The van der Waals surface area contributed by atoms with Gasteiger partial charge >= 0.3 is 12.2 Å². The fourth-order valence-electron chi connectivity index (χ4n) is 2.63. The van der Waals surface area contributed by atoms with E-state index in [4.69, 9.17) is 0 Å². The third-order valence-corrected chi connectivity index (χ3v) is 4.26. The van der Waals surface area contributed by atoms with Crippen molar-refractivity contribution < 1.29 is 22.4 Å². The van der Waals surface area contributed by atoms with Crippen molar-refractivity contribution in [3.63, 3.8) is 0 Å². The molecular weight excluding hydrogens is 394 g/mol. The van der Waals surface area contributed by atoms with Gasteiger partial charge in [-0.1, -0.05) is 15.9 Å². The maximum Gasteiger partial charge on any atom is 0.401 e. The van der Waals surface area contributed by atoms with Gasteiger partial charge in [0.15, 0.2) is 0 Å². The summed E-state index contributed by atoms with van der Waals surface area (Å²) >= 11 is 3.23. The van der Waals surface area contributed by atoms with Crippen molar-refractivity contribution in [2.24, 2.45) is 5.92 Å². The van der Waals surface area contributed by atoms with E-state index < -0.39 is 24.6 Å². The largest absolute Gasteiger partial charge is 0.401 e. The number of nitrogens with zero attached hydrogens (tertiary/aromatic N) is 1. The van der Waals surface area contributed by atoms with Crippen LogP contribution in [0.4, 0.5) is 22.4 Å². The summed E-state index contributed by atoms with van der Waals surface area (Å²) in [5, 5.41) is 5.16. The van der Waals surface area contributed by atoms with Gasteiger partial charge in [0, 0.05) is 29.7 Å². The van der Waals surface area contributed by atoms with Crippen LogP contribution in [0, 0.1) is 11.7 Å². The number of nitrogens with one attached hydrogen (secondary N) is 2. The minimum absolute atomic E-state index is 0.0132. The lowest BCUT2D eigenvalue weighted by molar-refractivity contribution is -0.143. The number of likely N-dealkylation sites (tertiary alicyclic amines) is 1. The first-order valence-corrected chi connectivity index (χ1v) is 8.27. The van der Waals surface area contributed by atoms with Crippen LogP contribution in [-0.2, 0) is 6.54 Å². The lowest BCUT2D eigenvalue weighted by atomic mass is 10.1. The van der Waals surface area contributed by atoms with E-state index in [1.807, 2.05) is 0 Å². The van der Waals surface area contributed by atoms with E-state index in [1.165, 1.54) is 11.0 Å². The van der Waals surface area contributed by atoms with Crippen molar-refractivity contribution >= 4 is 22.0 Å². The van der Waals surface area contributed by atoms with Gasteiger partial charge in [-0.05, 0) is 37.1 Å². The number of halogens is 5. The highest BCUT2D eigenvalue weighted by atomic mass is 79.9. The van der Waals surface area contributed by atoms with Gasteiger partial charge in [0.05, 0.1) is 6.54 Å². The number of benzene rings is 1. The molecule has 0 spiro atoms. The Bertz CT molecular complexity index is 582. The maximum atomic E-state index is 13.5. The SMILES string of the molecule is O=C(NCc1cc(Br)ccc1F)NC[C@@H]1CCN(CC(F)(F)F)C1. The first kappa shape index (κ1) is 19.0. The van der Waals surface area contributed by atoms with Gasteiger partial charge in [-0.2, -0.15) is 13.2 Å². The van der Waals surface area contributed by atoms with Crippen molar-refractivity contribution in [3.05, 3.63) is 34.1 Å². The average Bonchev–Trinajstić information content (AvgIpc) is 2.91. The molecule has 0 aromatic heterocycles. The Morgan fingerprint density at radius 2 is 2.08 bits per heavy atom. The Labute approximate surface area is 145 Å². The van der Waals surface area contributed by atoms with Gasteiger partial charge in [-0.15, -0.1) is 0 Å². The molecule has 0 bridgehead atoms. The number of amides is 2. The summed E-state index contributed by atoms with van der Waals surface area (Å²) < 4.78 is 51.2. The van der Waals surface area contributed by atoms with Crippen molar-refractivity contribution in [3.8, 4) is 0 Å². The van der Waals surface area contributed by atoms with Crippen LogP contribution in [0.3, 0.4) is 0 Å². The van der Waals surface area contributed by atoms with Crippen LogP contribution in [0.25, 0.3) is 0 Å². The molecule has 1 heterocycles.